The summed E-state index contributed by atoms with van der Waals surface area (Å²) < 4.78 is 11.4. The summed E-state index contributed by atoms with van der Waals surface area (Å²) in [6.45, 7) is 9.10. The van der Waals surface area contributed by atoms with Gasteiger partial charge in [-0.15, -0.1) is 0 Å². The Kier molecular flexibility index (Phi) is 4.76. The minimum atomic E-state index is -1.02. The summed E-state index contributed by atoms with van der Waals surface area (Å²) in [7, 11) is 0. The van der Waals surface area contributed by atoms with E-state index in [-0.39, 0.29) is 35.9 Å². The molecule has 0 radical (unpaired) electrons. The average molecular weight is 364 g/mol. The van der Waals surface area contributed by atoms with Crippen molar-refractivity contribution in [3.63, 3.8) is 0 Å². The van der Waals surface area contributed by atoms with Crippen molar-refractivity contribution < 1.29 is 29.0 Å². The number of esters is 2. The van der Waals surface area contributed by atoms with Crippen LogP contribution in [-0.2, 0) is 23.9 Å². The molecule has 0 aromatic rings. The molecule has 8 atom stereocenters. The molecule has 0 bridgehead atoms. The van der Waals surface area contributed by atoms with E-state index in [1.807, 2.05) is 6.92 Å². The Balaban J connectivity index is 2.08. The van der Waals surface area contributed by atoms with Crippen LogP contribution >= 0.6 is 0 Å². The standard InChI is InChI=1S/C20H28O6/c1-9(2)6-15(23)26-18-16-11(4)19(24)25-13(16)7-10(3)17-12(21)8-14(22)20(17,18)5/h6,10-13,16-18,21H,7-8H2,1-5H3/t10-,11+,12+,13-,16-,17-,18+,20-/m1/s1. The highest BCUT2D eigenvalue weighted by atomic mass is 16.6. The highest BCUT2D eigenvalue weighted by molar-refractivity contribution is 5.90. The van der Waals surface area contributed by atoms with Crippen molar-refractivity contribution in [3.8, 4) is 0 Å². The second-order valence-corrected chi connectivity index (χ2v) is 8.64. The van der Waals surface area contributed by atoms with Gasteiger partial charge in [-0.1, -0.05) is 19.4 Å². The minimum Gasteiger partial charge on any atom is -0.462 e. The monoisotopic (exact) mass is 364 g/mol. The number of Topliss-reactive ketones (excluding diaryl/α,β-unsaturated/α-hetero) is 1. The molecule has 26 heavy (non-hydrogen) atoms. The number of ketones is 1. The Morgan fingerprint density at radius 3 is 2.58 bits per heavy atom. The van der Waals surface area contributed by atoms with Crippen molar-refractivity contribution in [3.05, 3.63) is 11.6 Å². The number of carbonyl (C=O) groups excluding carboxylic acids is 3. The van der Waals surface area contributed by atoms with Crippen molar-refractivity contribution in [2.75, 3.05) is 0 Å². The number of ether oxygens (including phenoxy) is 2. The molecule has 1 saturated heterocycles. The molecule has 1 N–H and O–H groups in total. The van der Waals surface area contributed by atoms with Crippen LogP contribution in [0.2, 0.25) is 0 Å². The molecule has 0 unspecified atom stereocenters. The fraction of sp³-hybridized carbons (Fsp3) is 0.750. The number of rotatable bonds is 2. The molecular weight excluding hydrogens is 336 g/mol. The Bertz CT molecular complexity index is 663. The Morgan fingerprint density at radius 2 is 1.96 bits per heavy atom. The van der Waals surface area contributed by atoms with Crippen molar-refractivity contribution in [1.29, 1.82) is 0 Å². The normalized spacial score (nSPS) is 44.6. The van der Waals surface area contributed by atoms with Crippen molar-refractivity contribution in [2.45, 2.75) is 65.8 Å². The number of hydrogen-bond acceptors (Lipinski definition) is 6. The van der Waals surface area contributed by atoms with E-state index in [0.29, 0.717) is 6.42 Å². The molecule has 1 aliphatic heterocycles. The molecule has 3 aliphatic rings. The first-order chi connectivity index (χ1) is 12.1. The molecule has 3 fully saturated rings. The lowest BCUT2D eigenvalue weighted by Crippen LogP contribution is -2.50. The molecule has 3 rings (SSSR count). The van der Waals surface area contributed by atoms with Gasteiger partial charge in [0.1, 0.15) is 18.0 Å². The SMILES string of the molecule is CC(C)=CC(=O)O[C@H]1[C@@H]2[C@H](C)C(=O)O[C@@H]2C[C@@H](C)[C@@H]2[C@@H](O)CC(=O)[C@]21C. The van der Waals surface area contributed by atoms with Gasteiger partial charge in [0.2, 0.25) is 0 Å². The zero-order valence-corrected chi connectivity index (χ0v) is 16.0. The molecule has 6 heteroatoms. The van der Waals surface area contributed by atoms with Crippen LogP contribution in [0.3, 0.4) is 0 Å². The quantitative estimate of drug-likeness (QED) is 0.596. The first kappa shape index (κ1) is 19.1. The Labute approximate surface area is 153 Å². The fourth-order valence-electron chi connectivity index (χ4n) is 5.43. The molecule has 0 spiro atoms. The van der Waals surface area contributed by atoms with E-state index in [1.54, 1.807) is 27.7 Å². The Morgan fingerprint density at radius 1 is 1.31 bits per heavy atom. The van der Waals surface area contributed by atoms with Crippen LogP contribution in [0.15, 0.2) is 11.6 Å². The highest BCUT2D eigenvalue weighted by Crippen LogP contribution is 2.56. The van der Waals surface area contributed by atoms with Crippen LogP contribution < -0.4 is 0 Å². The van der Waals surface area contributed by atoms with Crippen LogP contribution in [0.5, 0.6) is 0 Å². The summed E-state index contributed by atoms with van der Waals surface area (Å²) in [5, 5.41) is 10.6. The largest absolute Gasteiger partial charge is 0.462 e. The Hall–Kier alpha value is -1.69. The smallest absolute Gasteiger partial charge is 0.330 e. The molecule has 144 valence electrons. The van der Waals surface area contributed by atoms with E-state index in [4.69, 9.17) is 9.47 Å². The summed E-state index contributed by atoms with van der Waals surface area (Å²) in [5.41, 5.74) is -0.231. The fourth-order valence-corrected chi connectivity index (χ4v) is 5.43. The third kappa shape index (κ3) is 2.79. The summed E-state index contributed by atoms with van der Waals surface area (Å²) in [4.78, 5) is 37.6. The maximum atomic E-state index is 12.9. The third-order valence-electron chi connectivity index (χ3n) is 6.56. The van der Waals surface area contributed by atoms with Gasteiger partial charge in [-0.3, -0.25) is 9.59 Å². The van der Waals surface area contributed by atoms with Gasteiger partial charge in [0.15, 0.2) is 0 Å². The van der Waals surface area contributed by atoms with E-state index < -0.39 is 35.6 Å². The summed E-state index contributed by atoms with van der Waals surface area (Å²) in [6, 6.07) is 0. The molecule has 2 saturated carbocycles. The molecule has 0 aromatic heterocycles. The van der Waals surface area contributed by atoms with Gasteiger partial charge in [-0.2, -0.15) is 0 Å². The maximum Gasteiger partial charge on any atom is 0.330 e. The van der Waals surface area contributed by atoms with Crippen molar-refractivity contribution >= 4 is 17.7 Å². The van der Waals surface area contributed by atoms with E-state index >= 15 is 0 Å². The predicted octanol–water partition coefficient (Wildman–Crippen LogP) is 2.04. The second-order valence-electron chi connectivity index (χ2n) is 8.64. The molecule has 0 aromatic carbocycles. The van der Waals surface area contributed by atoms with E-state index in [9.17, 15) is 19.5 Å². The van der Waals surface area contributed by atoms with Crippen molar-refractivity contribution in [2.24, 2.45) is 29.1 Å². The highest BCUT2D eigenvalue weighted by Gasteiger charge is 2.66. The minimum absolute atomic E-state index is 0.0285. The second kappa shape index (κ2) is 6.48. The lowest BCUT2D eigenvalue weighted by molar-refractivity contribution is -0.164. The summed E-state index contributed by atoms with van der Waals surface area (Å²) >= 11 is 0. The van der Waals surface area contributed by atoms with Crippen LogP contribution in [0, 0.1) is 29.1 Å². The van der Waals surface area contributed by atoms with Gasteiger partial charge in [0, 0.05) is 24.3 Å². The van der Waals surface area contributed by atoms with Gasteiger partial charge in [0.05, 0.1) is 17.4 Å². The number of hydrogen-bond donors (Lipinski definition) is 1. The molecule has 2 aliphatic carbocycles. The van der Waals surface area contributed by atoms with Gasteiger partial charge < -0.3 is 14.6 Å². The van der Waals surface area contributed by atoms with Gasteiger partial charge >= 0.3 is 11.9 Å². The van der Waals surface area contributed by atoms with E-state index in [2.05, 4.69) is 0 Å². The third-order valence-corrected chi connectivity index (χ3v) is 6.56. The molecule has 6 nitrogen and oxygen atoms in total. The van der Waals surface area contributed by atoms with Crippen molar-refractivity contribution in [1.82, 2.24) is 0 Å². The first-order valence-corrected chi connectivity index (χ1v) is 9.34. The van der Waals surface area contributed by atoms with Crippen LogP contribution in [0.25, 0.3) is 0 Å². The number of fused-ring (bicyclic) bond motifs is 2. The van der Waals surface area contributed by atoms with Crippen LogP contribution in [-0.4, -0.2) is 41.1 Å². The first-order valence-electron chi connectivity index (χ1n) is 9.34. The zero-order chi connectivity index (χ0) is 19.4. The van der Waals surface area contributed by atoms with E-state index in [0.717, 1.165) is 5.57 Å². The van der Waals surface area contributed by atoms with E-state index in [1.165, 1.54) is 6.08 Å². The lowest BCUT2D eigenvalue weighted by atomic mass is 9.66. The number of aliphatic hydroxyl groups is 1. The van der Waals surface area contributed by atoms with Gasteiger partial charge in [-0.05, 0) is 33.1 Å². The maximum absolute atomic E-state index is 12.9. The van der Waals surface area contributed by atoms with Crippen LogP contribution in [0.1, 0.15) is 47.5 Å². The molecular formula is C20H28O6. The number of aliphatic hydroxyl groups excluding tert-OH is 1. The summed E-state index contributed by atoms with van der Waals surface area (Å²) in [6.07, 6.45) is 0.0399. The lowest BCUT2D eigenvalue weighted by Gasteiger charge is -2.40. The van der Waals surface area contributed by atoms with Gasteiger partial charge in [-0.25, -0.2) is 4.79 Å². The molecule has 0 amide bonds. The van der Waals surface area contributed by atoms with Gasteiger partial charge in [0.25, 0.3) is 0 Å². The number of allylic oxidation sites excluding steroid dienone is 1. The topological polar surface area (TPSA) is 89.9 Å². The average Bonchev–Trinajstić information content (AvgIpc) is 2.87. The van der Waals surface area contributed by atoms with Crippen LogP contribution in [0.4, 0.5) is 0 Å². The summed E-state index contributed by atoms with van der Waals surface area (Å²) in [5.74, 6) is -2.15. The predicted molar refractivity (Wildman–Crippen MR) is 92.9 cm³/mol. The number of carbonyl (C=O) groups is 3. The zero-order valence-electron chi connectivity index (χ0n) is 16.0. The molecule has 1 heterocycles.